The summed E-state index contributed by atoms with van der Waals surface area (Å²) in [6.07, 6.45) is 0.0377. The summed E-state index contributed by atoms with van der Waals surface area (Å²) in [6, 6.07) is 11.8. The average molecular weight is 313 g/mol. The minimum Gasteiger partial charge on any atom is -0.465 e. The third-order valence-electron chi connectivity index (χ3n) is 5.51. The highest BCUT2D eigenvalue weighted by atomic mass is 16.4. The highest BCUT2D eigenvalue weighted by Crippen LogP contribution is 2.53. The summed E-state index contributed by atoms with van der Waals surface area (Å²) in [5, 5.41) is 19.3. The van der Waals surface area contributed by atoms with Gasteiger partial charge in [-0.2, -0.15) is 5.26 Å². The summed E-state index contributed by atoms with van der Waals surface area (Å²) in [6.45, 7) is 7.50. The van der Waals surface area contributed by atoms with Gasteiger partial charge in [0, 0.05) is 13.1 Å². The maximum Gasteiger partial charge on any atom is 0.408 e. The van der Waals surface area contributed by atoms with Crippen molar-refractivity contribution in [2.45, 2.75) is 44.8 Å². The van der Waals surface area contributed by atoms with Crippen LogP contribution in [0, 0.1) is 16.7 Å². The Bertz CT molecular complexity index is 646. The van der Waals surface area contributed by atoms with Crippen molar-refractivity contribution in [3.63, 3.8) is 0 Å². The molecule has 1 aromatic rings. The Labute approximate surface area is 137 Å². The average Bonchev–Trinajstić information content (AvgIpc) is 2.47. The molecule has 3 saturated heterocycles. The minimum absolute atomic E-state index is 0.0139. The van der Waals surface area contributed by atoms with Crippen molar-refractivity contribution in [1.82, 2.24) is 9.80 Å². The molecule has 122 valence electrons. The minimum atomic E-state index is -0.843. The van der Waals surface area contributed by atoms with E-state index in [-0.39, 0.29) is 17.5 Å². The Balaban J connectivity index is 1.91. The van der Waals surface area contributed by atoms with Crippen LogP contribution >= 0.6 is 0 Å². The van der Waals surface area contributed by atoms with Gasteiger partial charge >= 0.3 is 6.09 Å². The Morgan fingerprint density at radius 3 is 2.57 bits per heavy atom. The van der Waals surface area contributed by atoms with Gasteiger partial charge in [0.05, 0.1) is 17.6 Å². The predicted molar refractivity (Wildman–Crippen MR) is 86.8 cm³/mol. The van der Waals surface area contributed by atoms with Crippen LogP contribution < -0.4 is 0 Å². The van der Waals surface area contributed by atoms with Gasteiger partial charge in [-0.1, -0.05) is 51.1 Å². The zero-order chi connectivity index (χ0) is 16.8. The number of rotatable bonds is 2. The van der Waals surface area contributed by atoms with Gasteiger partial charge in [0.25, 0.3) is 0 Å². The molecule has 4 rings (SSSR count). The van der Waals surface area contributed by atoms with E-state index < -0.39 is 11.6 Å². The van der Waals surface area contributed by atoms with E-state index in [9.17, 15) is 15.2 Å². The van der Waals surface area contributed by atoms with E-state index in [2.05, 4.69) is 31.7 Å². The van der Waals surface area contributed by atoms with Crippen LogP contribution in [-0.4, -0.2) is 45.7 Å². The lowest BCUT2D eigenvalue weighted by Gasteiger charge is -2.68. The zero-order valence-electron chi connectivity index (χ0n) is 13.9. The molecular formula is C18H23N3O2. The van der Waals surface area contributed by atoms with Crippen LogP contribution in [0.25, 0.3) is 0 Å². The second-order valence-corrected chi connectivity index (χ2v) is 7.66. The molecule has 23 heavy (non-hydrogen) atoms. The third-order valence-corrected chi connectivity index (χ3v) is 5.51. The molecule has 5 heteroatoms. The molecule has 0 saturated carbocycles. The molecule has 1 aromatic carbocycles. The van der Waals surface area contributed by atoms with Crippen molar-refractivity contribution in [2.24, 2.45) is 5.41 Å². The third kappa shape index (κ3) is 2.29. The van der Waals surface area contributed by atoms with Gasteiger partial charge in [0.2, 0.25) is 0 Å². The fourth-order valence-corrected chi connectivity index (χ4v) is 4.22. The predicted octanol–water partition coefficient (Wildman–Crippen LogP) is 3.10. The number of hydrogen-bond donors (Lipinski definition) is 1. The highest BCUT2D eigenvalue weighted by Gasteiger charge is 2.64. The summed E-state index contributed by atoms with van der Waals surface area (Å²) in [4.78, 5) is 15.5. The van der Waals surface area contributed by atoms with Gasteiger partial charge in [0.1, 0.15) is 6.04 Å². The van der Waals surface area contributed by atoms with Gasteiger partial charge in [-0.15, -0.1) is 0 Å². The first kappa shape index (κ1) is 15.8. The van der Waals surface area contributed by atoms with Gasteiger partial charge in [-0.25, -0.2) is 4.79 Å². The lowest BCUT2D eigenvalue weighted by molar-refractivity contribution is -0.175. The smallest absolute Gasteiger partial charge is 0.408 e. The first-order chi connectivity index (χ1) is 10.8. The molecule has 3 atom stereocenters. The molecule has 3 aliphatic rings. The van der Waals surface area contributed by atoms with E-state index >= 15 is 0 Å². The van der Waals surface area contributed by atoms with Crippen molar-refractivity contribution in [3.8, 4) is 6.07 Å². The molecule has 2 bridgehead atoms. The fourth-order valence-electron chi connectivity index (χ4n) is 4.22. The summed E-state index contributed by atoms with van der Waals surface area (Å²) < 4.78 is 0. The van der Waals surface area contributed by atoms with E-state index in [1.165, 1.54) is 0 Å². The number of piperazine rings is 1. The Kier molecular flexibility index (Phi) is 3.61. The number of nitriles is 1. The molecule has 1 amide bonds. The Morgan fingerprint density at radius 2 is 2.04 bits per heavy atom. The van der Waals surface area contributed by atoms with Crippen molar-refractivity contribution < 1.29 is 9.90 Å². The lowest BCUT2D eigenvalue weighted by atomic mass is 9.60. The van der Waals surface area contributed by atoms with E-state index in [1.807, 2.05) is 30.3 Å². The van der Waals surface area contributed by atoms with E-state index in [4.69, 9.17) is 0 Å². The largest absolute Gasteiger partial charge is 0.465 e. The van der Waals surface area contributed by atoms with Gasteiger partial charge in [-0.05, 0) is 17.4 Å². The molecule has 0 radical (unpaired) electrons. The Morgan fingerprint density at radius 1 is 1.39 bits per heavy atom. The maximum atomic E-state index is 11.7. The highest BCUT2D eigenvalue weighted by molar-refractivity contribution is 5.69. The van der Waals surface area contributed by atoms with Gasteiger partial charge < -0.3 is 5.11 Å². The number of fused-ring (bicyclic) bond motifs is 2. The SMILES string of the molecule is CC(C)(C)C12CC(CN(C(C#N)c3ccccc3)C1)N2C(=O)O. The molecule has 3 fully saturated rings. The molecule has 1 N–H and O–H groups in total. The standard InChI is InChI=1S/C18H23N3O2/c1-17(2,3)18-9-14(21(18)16(22)23)11-20(12-18)15(10-19)13-7-5-4-6-8-13/h4-8,14-15H,9,11-12H2,1-3H3,(H,22,23). The van der Waals surface area contributed by atoms with E-state index in [0.29, 0.717) is 13.1 Å². The molecule has 3 aliphatic heterocycles. The molecule has 3 heterocycles. The van der Waals surface area contributed by atoms with Crippen LogP contribution in [0.5, 0.6) is 0 Å². The van der Waals surface area contributed by atoms with Crippen LogP contribution in [0.2, 0.25) is 0 Å². The zero-order valence-corrected chi connectivity index (χ0v) is 13.9. The topological polar surface area (TPSA) is 67.6 Å². The second kappa shape index (κ2) is 5.24. The molecule has 0 spiro atoms. The molecule has 0 aliphatic carbocycles. The summed E-state index contributed by atoms with van der Waals surface area (Å²) in [5.41, 5.74) is 0.394. The summed E-state index contributed by atoms with van der Waals surface area (Å²) in [7, 11) is 0. The number of carboxylic acid groups (broad SMARTS) is 1. The Hall–Kier alpha value is -2.06. The summed E-state index contributed by atoms with van der Waals surface area (Å²) in [5.74, 6) is 0. The summed E-state index contributed by atoms with van der Waals surface area (Å²) >= 11 is 0. The van der Waals surface area contributed by atoms with Crippen LogP contribution in [0.15, 0.2) is 30.3 Å². The van der Waals surface area contributed by atoms with E-state index in [1.54, 1.807) is 4.90 Å². The van der Waals surface area contributed by atoms with Crippen LogP contribution in [-0.2, 0) is 0 Å². The molecule has 0 aromatic heterocycles. The first-order valence-corrected chi connectivity index (χ1v) is 8.01. The van der Waals surface area contributed by atoms with Gasteiger partial charge in [-0.3, -0.25) is 9.80 Å². The molecular weight excluding hydrogens is 290 g/mol. The monoisotopic (exact) mass is 313 g/mol. The normalized spacial score (nSPS) is 28.6. The quantitative estimate of drug-likeness (QED) is 0.911. The van der Waals surface area contributed by atoms with Crippen LogP contribution in [0.4, 0.5) is 4.79 Å². The fraction of sp³-hybridized carbons (Fsp3) is 0.556. The maximum absolute atomic E-state index is 11.7. The molecule has 3 unspecified atom stereocenters. The number of hydrogen-bond acceptors (Lipinski definition) is 3. The van der Waals surface area contributed by atoms with E-state index in [0.717, 1.165) is 12.0 Å². The second-order valence-electron chi connectivity index (χ2n) is 7.66. The number of amides is 1. The van der Waals surface area contributed by atoms with Gasteiger partial charge in [0.15, 0.2) is 0 Å². The van der Waals surface area contributed by atoms with Crippen molar-refractivity contribution in [1.29, 1.82) is 5.26 Å². The lowest BCUT2D eigenvalue weighted by Crippen LogP contribution is -2.81. The number of benzene rings is 1. The van der Waals surface area contributed by atoms with Crippen LogP contribution in [0.3, 0.4) is 0 Å². The molecule has 5 nitrogen and oxygen atoms in total. The number of piperidine rings is 1. The van der Waals surface area contributed by atoms with Crippen molar-refractivity contribution in [2.75, 3.05) is 13.1 Å². The van der Waals surface area contributed by atoms with Crippen molar-refractivity contribution >= 4 is 6.09 Å². The number of carbonyl (C=O) groups is 1. The number of nitrogens with zero attached hydrogens (tertiary/aromatic N) is 3. The first-order valence-electron chi connectivity index (χ1n) is 8.01. The van der Waals surface area contributed by atoms with Crippen molar-refractivity contribution in [3.05, 3.63) is 35.9 Å². The van der Waals surface area contributed by atoms with Crippen LogP contribution in [0.1, 0.15) is 38.8 Å².